The Bertz CT molecular complexity index is 231. The summed E-state index contributed by atoms with van der Waals surface area (Å²) in [7, 11) is 0. The zero-order valence-corrected chi connectivity index (χ0v) is 7.01. The molecule has 0 aromatic rings. The molecule has 0 spiro atoms. The lowest BCUT2D eigenvalue weighted by atomic mass is 10.0. The minimum Gasteiger partial charge on any atom is -0.368 e. The van der Waals surface area contributed by atoms with Crippen LogP contribution >= 0.6 is 23.2 Å². The molecule has 2 atom stereocenters. The van der Waals surface area contributed by atoms with E-state index in [0.717, 1.165) is 0 Å². The Hall–Kier alpha value is -0.310. The fourth-order valence-electron chi connectivity index (χ4n) is 0.779. The van der Waals surface area contributed by atoms with Gasteiger partial charge in [-0.1, -0.05) is 29.3 Å². The molecule has 0 aromatic heterocycles. The van der Waals surface area contributed by atoms with Gasteiger partial charge in [0.05, 0.1) is 5.92 Å². The second-order valence-electron chi connectivity index (χ2n) is 2.28. The van der Waals surface area contributed by atoms with E-state index in [1.807, 2.05) is 0 Å². The van der Waals surface area contributed by atoms with E-state index in [1.54, 1.807) is 0 Å². The van der Waals surface area contributed by atoms with Crippen LogP contribution in [-0.4, -0.2) is 16.5 Å². The van der Waals surface area contributed by atoms with E-state index >= 15 is 0 Å². The second-order valence-corrected chi connectivity index (χ2v) is 3.32. The minimum atomic E-state index is -1.53. The van der Waals surface area contributed by atoms with Crippen molar-refractivity contribution in [1.29, 1.82) is 0 Å². The first kappa shape index (κ1) is 8.78. The van der Waals surface area contributed by atoms with E-state index in [-0.39, 0.29) is 5.03 Å². The van der Waals surface area contributed by atoms with Crippen LogP contribution < -0.4 is 0 Å². The van der Waals surface area contributed by atoms with E-state index in [2.05, 4.69) is 0 Å². The topological polar surface area (TPSA) is 37.3 Å². The lowest BCUT2D eigenvalue weighted by molar-refractivity contribution is -0.109. The lowest BCUT2D eigenvalue weighted by Gasteiger charge is -2.18. The van der Waals surface area contributed by atoms with Crippen LogP contribution in [0.4, 0.5) is 0 Å². The maximum Gasteiger partial charge on any atom is 0.178 e. The van der Waals surface area contributed by atoms with E-state index < -0.39 is 11.0 Å². The van der Waals surface area contributed by atoms with Gasteiger partial charge >= 0.3 is 0 Å². The number of hydrogen-bond acceptors (Lipinski definition) is 2. The molecule has 0 fully saturated rings. The lowest BCUT2D eigenvalue weighted by Crippen LogP contribution is -2.19. The van der Waals surface area contributed by atoms with Gasteiger partial charge in [-0.25, -0.2) is 0 Å². The fourth-order valence-corrected chi connectivity index (χ4v) is 1.32. The van der Waals surface area contributed by atoms with E-state index in [9.17, 15) is 4.79 Å². The Balaban J connectivity index is 2.88. The Morgan fingerprint density at radius 2 is 2.36 bits per heavy atom. The third-order valence-electron chi connectivity index (χ3n) is 1.34. The van der Waals surface area contributed by atoms with Crippen LogP contribution in [0, 0.1) is 5.92 Å². The predicted octanol–water partition coefficient (Wildman–Crippen LogP) is 1.42. The SMILES string of the molecule is O=CC1C=CC(O)(Cl)C=C1Cl. The van der Waals surface area contributed by atoms with Crippen LogP contribution in [0.2, 0.25) is 0 Å². The Labute approximate surface area is 74.1 Å². The van der Waals surface area contributed by atoms with Gasteiger partial charge in [0.1, 0.15) is 6.29 Å². The summed E-state index contributed by atoms with van der Waals surface area (Å²) in [5, 5.41) is 7.88. The molecule has 1 aliphatic carbocycles. The van der Waals surface area contributed by atoms with Crippen molar-refractivity contribution in [3.8, 4) is 0 Å². The maximum atomic E-state index is 10.3. The van der Waals surface area contributed by atoms with Gasteiger partial charge in [0.25, 0.3) is 0 Å². The zero-order valence-electron chi connectivity index (χ0n) is 5.50. The molecule has 11 heavy (non-hydrogen) atoms. The highest BCUT2D eigenvalue weighted by Gasteiger charge is 2.24. The molecule has 0 saturated heterocycles. The van der Waals surface area contributed by atoms with Crippen molar-refractivity contribution in [2.45, 2.75) is 5.06 Å². The molecule has 2 unspecified atom stereocenters. The summed E-state index contributed by atoms with van der Waals surface area (Å²) >= 11 is 11.1. The number of allylic oxidation sites excluding steroid dienone is 2. The first-order valence-corrected chi connectivity index (χ1v) is 3.75. The number of carbonyl (C=O) groups is 1. The second kappa shape index (κ2) is 2.97. The maximum absolute atomic E-state index is 10.3. The normalized spacial score (nSPS) is 36.6. The van der Waals surface area contributed by atoms with Gasteiger partial charge in [-0.2, -0.15) is 0 Å². The number of aliphatic hydroxyl groups is 1. The summed E-state index contributed by atoms with van der Waals surface area (Å²) in [6, 6.07) is 0. The van der Waals surface area contributed by atoms with E-state index in [0.29, 0.717) is 6.29 Å². The Morgan fingerprint density at radius 3 is 2.82 bits per heavy atom. The molecule has 4 heteroatoms. The van der Waals surface area contributed by atoms with Crippen LogP contribution in [0.5, 0.6) is 0 Å². The smallest absolute Gasteiger partial charge is 0.178 e. The molecule has 0 amide bonds. The molecule has 0 aromatic carbocycles. The molecule has 1 N–H and O–H groups in total. The van der Waals surface area contributed by atoms with Crippen molar-refractivity contribution in [1.82, 2.24) is 0 Å². The largest absolute Gasteiger partial charge is 0.368 e. The number of carbonyl (C=O) groups excluding carboxylic acids is 1. The summed E-state index contributed by atoms with van der Waals surface area (Å²) in [6.45, 7) is 0. The van der Waals surface area contributed by atoms with Gasteiger partial charge in [0, 0.05) is 5.03 Å². The molecule has 1 aliphatic rings. The standard InChI is InChI=1S/C7H6Cl2O2/c8-6-3-7(9,11)2-1-5(6)4-10/h1-5,11H. The molecule has 2 nitrogen and oxygen atoms in total. The Morgan fingerprint density at radius 1 is 1.73 bits per heavy atom. The highest BCUT2D eigenvalue weighted by atomic mass is 35.5. The van der Waals surface area contributed by atoms with Crippen molar-refractivity contribution in [2.75, 3.05) is 0 Å². The summed E-state index contributed by atoms with van der Waals surface area (Å²) in [4.78, 5) is 10.3. The van der Waals surface area contributed by atoms with Crippen molar-refractivity contribution in [3.05, 3.63) is 23.3 Å². The quantitative estimate of drug-likeness (QED) is 0.388. The first-order chi connectivity index (χ1) is 5.05. The van der Waals surface area contributed by atoms with Crippen LogP contribution in [-0.2, 0) is 4.79 Å². The van der Waals surface area contributed by atoms with Crippen LogP contribution in [0.1, 0.15) is 0 Å². The third kappa shape index (κ3) is 2.06. The average Bonchev–Trinajstić information content (AvgIpc) is 1.86. The fraction of sp³-hybridized carbons (Fsp3) is 0.286. The van der Waals surface area contributed by atoms with Crippen LogP contribution in [0.25, 0.3) is 0 Å². The summed E-state index contributed by atoms with van der Waals surface area (Å²) < 4.78 is 0. The summed E-state index contributed by atoms with van der Waals surface area (Å²) in [6.07, 6.45) is 4.69. The molecule has 0 saturated carbocycles. The van der Waals surface area contributed by atoms with Crippen LogP contribution in [0.3, 0.4) is 0 Å². The average molecular weight is 193 g/mol. The predicted molar refractivity (Wildman–Crippen MR) is 43.4 cm³/mol. The Kier molecular flexibility index (Phi) is 2.37. The van der Waals surface area contributed by atoms with Crippen molar-refractivity contribution < 1.29 is 9.90 Å². The number of hydrogen-bond donors (Lipinski definition) is 1. The highest BCUT2D eigenvalue weighted by molar-refractivity contribution is 6.33. The summed E-state index contributed by atoms with van der Waals surface area (Å²) in [5.41, 5.74) is 0. The first-order valence-electron chi connectivity index (χ1n) is 2.99. The van der Waals surface area contributed by atoms with Crippen molar-refractivity contribution >= 4 is 29.5 Å². The molecule has 0 heterocycles. The van der Waals surface area contributed by atoms with Gasteiger partial charge in [-0.3, -0.25) is 0 Å². The molecular formula is C7H6Cl2O2. The van der Waals surface area contributed by atoms with Gasteiger partial charge in [-0.15, -0.1) is 0 Å². The van der Waals surface area contributed by atoms with E-state index in [1.165, 1.54) is 18.2 Å². The van der Waals surface area contributed by atoms with Crippen LogP contribution in [0.15, 0.2) is 23.3 Å². The summed E-state index contributed by atoms with van der Waals surface area (Å²) in [5.74, 6) is -0.462. The van der Waals surface area contributed by atoms with Crippen molar-refractivity contribution in [3.63, 3.8) is 0 Å². The molecular weight excluding hydrogens is 187 g/mol. The minimum absolute atomic E-state index is 0.250. The third-order valence-corrected chi connectivity index (χ3v) is 1.94. The molecule has 1 rings (SSSR count). The van der Waals surface area contributed by atoms with Gasteiger partial charge in [0.15, 0.2) is 5.06 Å². The van der Waals surface area contributed by atoms with Crippen molar-refractivity contribution in [2.24, 2.45) is 5.92 Å². The number of halogens is 2. The number of rotatable bonds is 1. The highest BCUT2D eigenvalue weighted by Crippen LogP contribution is 2.28. The van der Waals surface area contributed by atoms with E-state index in [4.69, 9.17) is 28.3 Å². The molecule has 0 bridgehead atoms. The monoisotopic (exact) mass is 192 g/mol. The molecule has 0 radical (unpaired) electrons. The number of aldehydes is 1. The van der Waals surface area contributed by atoms with Gasteiger partial charge < -0.3 is 9.90 Å². The van der Waals surface area contributed by atoms with Gasteiger partial charge in [0.2, 0.25) is 0 Å². The van der Waals surface area contributed by atoms with Gasteiger partial charge in [-0.05, 0) is 12.2 Å². The number of alkyl halides is 1. The molecule has 60 valence electrons. The zero-order chi connectivity index (χ0) is 8.48. The molecule has 0 aliphatic heterocycles.